The van der Waals surface area contributed by atoms with Crippen LogP contribution in [0.5, 0.6) is 0 Å². The van der Waals surface area contributed by atoms with Crippen LogP contribution in [-0.4, -0.2) is 32.8 Å². The van der Waals surface area contributed by atoms with Crippen LogP contribution >= 0.6 is 0 Å². The smallest absolute Gasteiger partial charge is 0.266 e. The number of hydrogen-bond acceptors (Lipinski definition) is 4. The standard InChI is InChI=1S/C46H26N4O4/c51-43-35-23-21-29(47-39-13-5-1-9-31(39)32-10-2-6-14-40(32)47)25-37(35)45(53)49(43)27-17-19-28(20-18-27)50-44(52)36-24-22-30(26-38(36)46(50)54)48-41-15-7-3-11-33(41)34-12-4-8-16-42(34)48/h1-26H. The Hall–Kier alpha value is -7.58. The molecule has 2 aliphatic heterocycles. The summed E-state index contributed by atoms with van der Waals surface area (Å²) in [5.74, 6) is -1.75. The van der Waals surface area contributed by atoms with E-state index in [0.717, 1.165) is 64.8 Å². The topological polar surface area (TPSA) is 84.6 Å². The number of carbonyl (C=O) groups is 4. The predicted molar refractivity (Wildman–Crippen MR) is 210 cm³/mol. The number of carbonyl (C=O) groups excluding carboxylic acids is 4. The first-order valence-electron chi connectivity index (χ1n) is 17.6. The average molecular weight is 699 g/mol. The summed E-state index contributed by atoms with van der Waals surface area (Å²) in [4.78, 5) is 57.5. The van der Waals surface area contributed by atoms with E-state index in [1.807, 2.05) is 84.9 Å². The van der Waals surface area contributed by atoms with E-state index < -0.39 is 23.6 Å². The van der Waals surface area contributed by atoms with Gasteiger partial charge in [-0.1, -0.05) is 72.8 Å². The van der Waals surface area contributed by atoms with E-state index >= 15 is 0 Å². The van der Waals surface area contributed by atoms with Gasteiger partial charge in [0.2, 0.25) is 0 Å². The Kier molecular flexibility index (Phi) is 6.11. The molecule has 0 saturated heterocycles. The minimum absolute atomic E-state index is 0.308. The minimum Gasteiger partial charge on any atom is -0.309 e. The molecule has 0 bridgehead atoms. The minimum atomic E-state index is -0.441. The number of rotatable bonds is 4. The van der Waals surface area contributed by atoms with Crippen LogP contribution in [0.2, 0.25) is 0 Å². The van der Waals surface area contributed by atoms with Gasteiger partial charge >= 0.3 is 0 Å². The molecule has 0 N–H and O–H groups in total. The van der Waals surface area contributed by atoms with Crippen molar-refractivity contribution >= 4 is 78.6 Å². The van der Waals surface area contributed by atoms with Crippen LogP contribution in [0, 0.1) is 0 Å². The quantitative estimate of drug-likeness (QED) is 0.172. The zero-order chi connectivity index (χ0) is 36.2. The molecule has 2 aromatic heterocycles. The number of amides is 4. The van der Waals surface area contributed by atoms with Crippen molar-refractivity contribution in [3.8, 4) is 11.4 Å². The van der Waals surface area contributed by atoms with Crippen LogP contribution in [0.1, 0.15) is 41.4 Å². The van der Waals surface area contributed by atoms with Gasteiger partial charge in [0.1, 0.15) is 0 Å². The second-order valence-corrected chi connectivity index (χ2v) is 13.6. The normalized spacial score (nSPS) is 14.0. The van der Waals surface area contributed by atoms with Crippen molar-refractivity contribution in [2.75, 3.05) is 9.80 Å². The summed E-state index contributed by atoms with van der Waals surface area (Å²) in [6.45, 7) is 0. The van der Waals surface area contributed by atoms with Crippen molar-refractivity contribution in [3.63, 3.8) is 0 Å². The van der Waals surface area contributed by atoms with Crippen molar-refractivity contribution in [2.24, 2.45) is 0 Å². The van der Waals surface area contributed by atoms with Crippen LogP contribution in [0.25, 0.3) is 55.0 Å². The average Bonchev–Trinajstić information content (AvgIpc) is 3.89. The molecule has 0 atom stereocenters. The molecule has 8 heteroatoms. The maximum Gasteiger partial charge on any atom is 0.266 e. The third-order valence-corrected chi connectivity index (χ3v) is 10.8. The monoisotopic (exact) mass is 698 g/mol. The van der Waals surface area contributed by atoms with E-state index in [-0.39, 0.29) is 0 Å². The van der Waals surface area contributed by atoms with Crippen LogP contribution in [0.4, 0.5) is 11.4 Å². The molecule has 54 heavy (non-hydrogen) atoms. The molecule has 0 fully saturated rings. The van der Waals surface area contributed by atoms with Gasteiger partial charge in [0.05, 0.1) is 55.7 Å². The second kappa shape index (κ2) is 11.0. The van der Waals surface area contributed by atoms with Crippen LogP contribution in [0.3, 0.4) is 0 Å². The zero-order valence-corrected chi connectivity index (χ0v) is 28.4. The highest BCUT2D eigenvalue weighted by atomic mass is 16.2. The summed E-state index contributed by atoms with van der Waals surface area (Å²) < 4.78 is 4.21. The lowest BCUT2D eigenvalue weighted by molar-refractivity contribution is 0.0909. The zero-order valence-electron chi connectivity index (χ0n) is 28.4. The maximum atomic E-state index is 13.9. The molecule has 0 radical (unpaired) electrons. The molecule has 11 rings (SSSR count). The highest BCUT2D eigenvalue weighted by molar-refractivity contribution is 6.36. The first kappa shape index (κ1) is 30.1. The first-order chi connectivity index (χ1) is 26.5. The molecule has 8 nitrogen and oxygen atoms in total. The number of imide groups is 2. The number of anilines is 2. The summed E-state index contributed by atoms with van der Waals surface area (Å²) in [6.07, 6.45) is 0. The molecule has 0 spiro atoms. The van der Waals surface area contributed by atoms with Crippen LogP contribution in [-0.2, 0) is 0 Å². The number of nitrogens with zero attached hydrogens (tertiary/aromatic N) is 4. The van der Waals surface area contributed by atoms with E-state index in [1.54, 1.807) is 48.5 Å². The number of hydrogen-bond donors (Lipinski definition) is 0. The fourth-order valence-corrected chi connectivity index (χ4v) is 8.36. The molecule has 4 heterocycles. The Morgan fingerprint density at radius 1 is 0.278 bits per heavy atom. The Morgan fingerprint density at radius 3 is 0.889 bits per heavy atom. The number of fused-ring (bicyclic) bond motifs is 8. The van der Waals surface area contributed by atoms with E-state index in [2.05, 4.69) is 33.4 Å². The van der Waals surface area contributed by atoms with Crippen LogP contribution < -0.4 is 9.80 Å². The fourth-order valence-electron chi connectivity index (χ4n) is 8.36. The number of benzene rings is 7. The second-order valence-electron chi connectivity index (χ2n) is 13.6. The molecule has 0 unspecified atom stereocenters. The van der Waals surface area contributed by atoms with Gasteiger partial charge in [-0.3, -0.25) is 19.2 Å². The molecule has 2 aliphatic rings. The summed E-state index contributed by atoms with van der Waals surface area (Å²) in [7, 11) is 0. The summed E-state index contributed by atoms with van der Waals surface area (Å²) in [5, 5.41) is 4.39. The van der Waals surface area contributed by atoms with E-state index in [4.69, 9.17) is 0 Å². The lowest BCUT2D eigenvalue weighted by Gasteiger charge is -2.17. The predicted octanol–water partition coefficient (Wildman–Crippen LogP) is 9.48. The molecular formula is C46H26N4O4. The third-order valence-electron chi connectivity index (χ3n) is 10.8. The van der Waals surface area contributed by atoms with E-state index in [0.29, 0.717) is 33.6 Å². The molecular weight excluding hydrogens is 673 g/mol. The van der Waals surface area contributed by atoms with Gasteiger partial charge in [-0.25, -0.2) is 9.80 Å². The van der Waals surface area contributed by atoms with Gasteiger partial charge in [-0.05, 0) is 84.9 Å². The van der Waals surface area contributed by atoms with Gasteiger partial charge in [-0.2, -0.15) is 0 Å². The third kappa shape index (κ3) is 4.02. The SMILES string of the molecule is O=C1c2ccc(-n3c4ccccc4c4ccccc43)cc2C(=O)N1c1ccc(N2C(=O)c3ccc(-n4c5ccccc5c5ccccc54)cc3C2=O)cc1. The Bertz CT molecular complexity index is 2830. The first-order valence-corrected chi connectivity index (χ1v) is 17.6. The summed E-state index contributed by atoms with van der Waals surface area (Å²) in [5.41, 5.74) is 7.47. The molecule has 4 amide bonds. The molecule has 0 aliphatic carbocycles. The molecule has 254 valence electrons. The molecule has 9 aromatic rings. The van der Waals surface area contributed by atoms with Crippen molar-refractivity contribution < 1.29 is 19.2 Å². The Morgan fingerprint density at radius 2 is 0.556 bits per heavy atom. The van der Waals surface area contributed by atoms with Crippen molar-refractivity contribution in [2.45, 2.75) is 0 Å². The van der Waals surface area contributed by atoms with Gasteiger partial charge < -0.3 is 9.13 Å². The van der Waals surface area contributed by atoms with Gasteiger partial charge in [0, 0.05) is 32.9 Å². The molecule has 0 saturated carbocycles. The Labute approximate surface area is 307 Å². The van der Waals surface area contributed by atoms with E-state index in [1.165, 1.54) is 0 Å². The van der Waals surface area contributed by atoms with Crippen molar-refractivity contribution in [3.05, 3.63) is 180 Å². The van der Waals surface area contributed by atoms with Crippen molar-refractivity contribution in [1.82, 2.24) is 9.13 Å². The lowest BCUT2D eigenvalue weighted by atomic mass is 10.1. The summed E-state index contributed by atoms with van der Waals surface area (Å²) >= 11 is 0. The number of aromatic nitrogens is 2. The fraction of sp³-hybridized carbons (Fsp3) is 0. The van der Waals surface area contributed by atoms with Gasteiger partial charge in [-0.15, -0.1) is 0 Å². The lowest BCUT2D eigenvalue weighted by Crippen LogP contribution is -2.30. The highest BCUT2D eigenvalue weighted by Crippen LogP contribution is 2.38. The molecule has 7 aromatic carbocycles. The largest absolute Gasteiger partial charge is 0.309 e. The number of para-hydroxylation sites is 4. The Balaban J connectivity index is 0.911. The van der Waals surface area contributed by atoms with Crippen molar-refractivity contribution in [1.29, 1.82) is 0 Å². The summed E-state index contributed by atoms with van der Waals surface area (Å²) in [6, 6.07) is 49.5. The maximum absolute atomic E-state index is 13.9. The van der Waals surface area contributed by atoms with E-state index in [9.17, 15) is 19.2 Å². The van der Waals surface area contributed by atoms with Crippen LogP contribution in [0.15, 0.2) is 158 Å². The van der Waals surface area contributed by atoms with Gasteiger partial charge in [0.25, 0.3) is 23.6 Å². The van der Waals surface area contributed by atoms with Gasteiger partial charge in [0.15, 0.2) is 0 Å². The highest BCUT2D eigenvalue weighted by Gasteiger charge is 2.39.